The van der Waals surface area contributed by atoms with Crippen LogP contribution in [-0.4, -0.2) is 65.2 Å². The SMILES string of the molecule is CCOC(=O)CCNC(=O)C(c1ccccc1O)N(CC)C(=O)C(CC(C)C)NC(=O)OC(C)(C)C. The van der Waals surface area contributed by atoms with Gasteiger partial charge in [0.25, 0.3) is 0 Å². The Hall–Kier alpha value is -3.30. The van der Waals surface area contributed by atoms with E-state index in [1.54, 1.807) is 52.8 Å². The fraction of sp³-hybridized carbons (Fsp3) is 0.615. The molecule has 0 heterocycles. The highest BCUT2D eigenvalue weighted by Crippen LogP contribution is 2.30. The molecule has 10 nitrogen and oxygen atoms in total. The molecule has 3 amide bonds. The summed E-state index contributed by atoms with van der Waals surface area (Å²) in [6.45, 7) is 12.7. The summed E-state index contributed by atoms with van der Waals surface area (Å²) in [6.07, 6.45) is -0.467. The van der Waals surface area contributed by atoms with Crippen molar-refractivity contribution in [2.45, 2.75) is 79.0 Å². The minimum atomic E-state index is -1.19. The van der Waals surface area contributed by atoms with Crippen molar-refractivity contribution in [2.75, 3.05) is 19.7 Å². The zero-order valence-corrected chi connectivity index (χ0v) is 22.4. The third-order valence-electron chi connectivity index (χ3n) is 5.04. The number of carbonyl (C=O) groups excluding carboxylic acids is 4. The predicted octanol–water partition coefficient (Wildman–Crippen LogP) is 3.29. The Balaban J connectivity index is 3.28. The van der Waals surface area contributed by atoms with Crippen molar-refractivity contribution in [3.05, 3.63) is 29.8 Å². The summed E-state index contributed by atoms with van der Waals surface area (Å²) >= 11 is 0. The van der Waals surface area contributed by atoms with E-state index < -0.39 is 41.6 Å². The Morgan fingerprint density at radius 2 is 1.72 bits per heavy atom. The molecule has 0 aromatic heterocycles. The number of nitrogens with zero attached hydrogens (tertiary/aromatic N) is 1. The zero-order valence-electron chi connectivity index (χ0n) is 22.4. The van der Waals surface area contributed by atoms with Gasteiger partial charge >= 0.3 is 12.1 Å². The molecule has 2 unspecified atom stereocenters. The summed E-state index contributed by atoms with van der Waals surface area (Å²) in [6, 6.07) is 4.09. The van der Waals surface area contributed by atoms with Gasteiger partial charge in [-0.25, -0.2) is 4.79 Å². The van der Waals surface area contributed by atoms with E-state index in [9.17, 15) is 24.3 Å². The summed E-state index contributed by atoms with van der Waals surface area (Å²) in [4.78, 5) is 52.5. The lowest BCUT2D eigenvalue weighted by Crippen LogP contribution is -2.53. The lowest BCUT2D eigenvalue weighted by molar-refractivity contribution is -0.144. The number of para-hydroxylation sites is 1. The van der Waals surface area contributed by atoms with Gasteiger partial charge in [-0.1, -0.05) is 32.0 Å². The molecule has 1 aromatic carbocycles. The van der Waals surface area contributed by atoms with Gasteiger partial charge in [0.05, 0.1) is 13.0 Å². The average molecular weight is 508 g/mol. The summed E-state index contributed by atoms with van der Waals surface area (Å²) in [5.41, 5.74) is -0.529. The number of esters is 1. The number of amides is 3. The highest BCUT2D eigenvalue weighted by atomic mass is 16.6. The van der Waals surface area contributed by atoms with Gasteiger partial charge < -0.3 is 30.1 Å². The van der Waals surface area contributed by atoms with Crippen LogP contribution in [0.1, 0.15) is 72.9 Å². The van der Waals surface area contributed by atoms with Gasteiger partial charge in [-0.15, -0.1) is 0 Å². The summed E-state index contributed by atoms with van der Waals surface area (Å²) in [5, 5.41) is 15.8. The first-order valence-corrected chi connectivity index (χ1v) is 12.3. The zero-order chi connectivity index (χ0) is 27.5. The molecular weight excluding hydrogens is 466 g/mol. The van der Waals surface area contributed by atoms with Gasteiger partial charge in [0.1, 0.15) is 23.4 Å². The van der Waals surface area contributed by atoms with E-state index in [1.807, 2.05) is 13.8 Å². The number of rotatable bonds is 12. The van der Waals surface area contributed by atoms with Crippen molar-refractivity contribution in [2.24, 2.45) is 5.92 Å². The molecule has 0 saturated heterocycles. The highest BCUT2D eigenvalue weighted by Gasteiger charge is 2.36. The number of nitrogens with one attached hydrogen (secondary N) is 2. The van der Waals surface area contributed by atoms with E-state index in [-0.39, 0.29) is 43.3 Å². The normalized spacial score (nSPS) is 12.9. The van der Waals surface area contributed by atoms with Crippen LogP contribution in [0.15, 0.2) is 24.3 Å². The number of hydrogen-bond acceptors (Lipinski definition) is 7. The molecule has 0 bridgehead atoms. The van der Waals surface area contributed by atoms with Crippen LogP contribution < -0.4 is 10.6 Å². The second-order valence-corrected chi connectivity index (χ2v) is 9.76. The van der Waals surface area contributed by atoms with Gasteiger partial charge in [-0.05, 0) is 53.0 Å². The van der Waals surface area contributed by atoms with Crippen LogP contribution in [0.4, 0.5) is 4.79 Å². The lowest BCUT2D eigenvalue weighted by atomic mass is 9.98. The van der Waals surface area contributed by atoms with Crippen molar-refractivity contribution in [3.8, 4) is 5.75 Å². The van der Waals surface area contributed by atoms with Gasteiger partial charge in [0.15, 0.2) is 0 Å². The van der Waals surface area contributed by atoms with Crippen molar-refractivity contribution >= 4 is 23.9 Å². The topological polar surface area (TPSA) is 134 Å². The molecule has 10 heteroatoms. The maximum absolute atomic E-state index is 13.7. The lowest BCUT2D eigenvalue weighted by Gasteiger charge is -2.34. The molecular formula is C26H41N3O7. The Morgan fingerprint density at radius 1 is 1.08 bits per heavy atom. The van der Waals surface area contributed by atoms with E-state index in [0.717, 1.165) is 0 Å². The van der Waals surface area contributed by atoms with E-state index in [0.29, 0.717) is 6.42 Å². The van der Waals surface area contributed by atoms with Crippen LogP contribution in [0.3, 0.4) is 0 Å². The van der Waals surface area contributed by atoms with Gasteiger partial charge in [0.2, 0.25) is 11.8 Å². The first-order chi connectivity index (χ1) is 16.8. The Bertz CT molecular complexity index is 896. The second kappa shape index (κ2) is 14.3. The molecule has 3 N–H and O–H groups in total. The Labute approximate surface area is 213 Å². The number of aromatic hydroxyl groups is 1. The summed E-state index contributed by atoms with van der Waals surface area (Å²) < 4.78 is 10.2. The molecule has 0 aliphatic heterocycles. The predicted molar refractivity (Wildman–Crippen MR) is 135 cm³/mol. The molecule has 2 atom stereocenters. The minimum absolute atomic E-state index is 0.000905. The average Bonchev–Trinajstić information content (AvgIpc) is 2.75. The maximum atomic E-state index is 13.7. The highest BCUT2D eigenvalue weighted by molar-refractivity contribution is 5.92. The molecule has 0 aliphatic rings. The molecule has 202 valence electrons. The molecule has 0 aliphatic carbocycles. The number of phenolic OH excluding ortho intramolecular Hbond substituents is 1. The summed E-state index contributed by atoms with van der Waals surface area (Å²) in [5.74, 6) is -1.63. The van der Waals surface area contributed by atoms with Crippen LogP contribution in [0.5, 0.6) is 5.75 Å². The minimum Gasteiger partial charge on any atom is -0.508 e. The van der Waals surface area contributed by atoms with Crippen LogP contribution in [-0.2, 0) is 23.9 Å². The third kappa shape index (κ3) is 10.1. The third-order valence-corrected chi connectivity index (χ3v) is 5.04. The molecule has 1 rings (SSSR count). The van der Waals surface area contributed by atoms with Crippen molar-refractivity contribution in [3.63, 3.8) is 0 Å². The van der Waals surface area contributed by atoms with Gasteiger partial charge in [-0.3, -0.25) is 14.4 Å². The molecule has 0 spiro atoms. The summed E-state index contributed by atoms with van der Waals surface area (Å²) in [7, 11) is 0. The first kappa shape index (κ1) is 30.7. The van der Waals surface area contributed by atoms with E-state index in [1.165, 1.54) is 11.0 Å². The van der Waals surface area contributed by atoms with Gasteiger partial charge in [-0.2, -0.15) is 0 Å². The molecule has 36 heavy (non-hydrogen) atoms. The fourth-order valence-electron chi connectivity index (χ4n) is 3.60. The fourth-order valence-corrected chi connectivity index (χ4v) is 3.60. The number of ether oxygens (including phenoxy) is 2. The molecule has 1 aromatic rings. The maximum Gasteiger partial charge on any atom is 0.408 e. The van der Waals surface area contributed by atoms with E-state index in [4.69, 9.17) is 9.47 Å². The Morgan fingerprint density at radius 3 is 2.25 bits per heavy atom. The Kier molecular flexibility index (Phi) is 12.2. The van der Waals surface area contributed by atoms with Crippen LogP contribution in [0.25, 0.3) is 0 Å². The molecule has 0 saturated carbocycles. The number of alkyl carbamates (subject to hydrolysis) is 1. The number of carbonyl (C=O) groups is 4. The van der Waals surface area contributed by atoms with Gasteiger partial charge in [0, 0.05) is 18.7 Å². The van der Waals surface area contributed by atoms with Crippen LogP contribution in [0.2, 0.25) is 0 Å². The molecule has 0 fully saturated rings. The van der Waals surface area contributed by atoms with Crippen LogP contribution in [0, 0.1) is 5.92 Å². The van der Waals surface area contributed by atoms with E-state index >= 15 is 0 Å². The number of likely N-dealkylation sites (N-methyl/N-ethyl adjacent to an activating group) is 1. The molecule has 0 radical (unpaired) electrons. The monoisotopic (exact) mass is 507 g/mol. The quantitative estimate of drug-likeness (QED) is 0.370. The smallest absolute Gasteiger partial charge is 0.408 e. The van der Waals surface area contributed by atoms with E-state index in [2.05, 4.69) is 10.6 Å². The number of benzene rings is 1. The largest absolute Gasteiger partial charge is 0.508 e. The van der Waals surface area contributed by atoms with Crippen molar-refractivity contribution in [1.29, 1.82) is 0 Å². The van der Waals surface area contributed by atoms with Crippen molar-refractivity contribution < 1.29 is 33.8 Å². The van der Waals surface area contributed by atoms with Crippen LogP contribution >= 0.6 is 0 Å². The number of phenols is 1. The second-order valence-electron chi connectivity index (χ2n) is 9.76. The first-order valence-electron chi connectivity index (χ1n) is 12.3. The standard InChI is InChI=1S/C26H41N3O7/c1-8-29(24(33)19(16-17(3)4)28-25(34)36-26(5,6)7)22(18-12-10-11-13-20(18)30)23(32)27-15-14-21(31)35-9-2/h10-13,17,19,22,30H,8-9,14-16H2,1-7H3,(H,27,32)(H,28,34). The number of hydrogen-bond donors (Lipinski definition) is 3. The van der Waals surface area contributed by atoms with Crippen molar-refractivity contribution in [1.82, 2.24) is 15.5 Å².